The zero-order chi connectivity index (χ0) is 21.9. The van der Waals surface area contributed by atoms with Gasteiger partial charge in [0.05, 0.1) is 0 Å². The molecule has 1 aliphatic rings. The van der Waals surface area contributed by atoms with Crippen LogP contribution in [0.5, 0.6) is 0 Å². The highest BCUT2D eigenvalue weighted by molar-refractivity contribution is 5.84. The van der Waals surface area contributed by atoms with E-state index in [1.165, 1.54) is 36.6 Å². The minimum absolute atomic E-state index is 0.129. The third-order valence-electron chi connectivity index (χ3n) is 6.57. The van der Waals surface area contributed by atoms with Crippen LogP contribution in [0, 0.1) is 0 Å². The lowest BCUT2D eigenvalue weighted by Gasteiger charge is -2.22. The van der Waals surface area contributed by atoms with Gasteiger partial charge in [-0.25, -0.2) is 0 Å². The zero-order valence-corrected chi connectivity index (χ0v) is 19.1. The van der Waals surface area contributed by atoms with Crippen LogP contribution in [-0.2, 0) is 16.0 Å². The molecular formula is C26H39N3O2. The Kier molecular flexibility index (Phi) is 9.60. The molecule has 1 atom stereocenters. The number of hydrogen-bond acceptors (Lipinski definition) is 3. The van der Waals surface area contributed by atoms with E-state index >= 15 is 0 Å². The number of fused-ring (bicyclic) bond motifs is 1. The van der Waals surface area contributed by atoms with Crippen molar-refractivity contribution >= 4 is 22.6 Å². The molecule has 0 radical (unpaired) electrons. The van der Waals surface area contributed by atoms with Gasteiger partial charge in [0, 0.05) is 55.0 Å². The minimum Gasteiger partial charge on any atom is -0.361 e. The van der Waals surface area contributed by atoms with Crippen molar-refractivity contribution in [2.24, 2.45) is 0 Å². The number of rotatable bonds is 14. The third kappa shape index (κ3) is 7.80. The number of carbonyl (C=O) groups excluding carboxylic acids is 2. The van der Waals surface area contributed by atoms with Crippen molar-refractivity contribution in [3.05, 3.63) is 36.0 Å². The van der Waals surface area contributed by atoms with Crippen molar-refractivity contribution in [2.45, 2.75) is 96.1 Å². The zero-order valence-electron chi connectivity index (χ0n) is 19.1. The molecule has 5 nitrogen and oxygen atoms in total. The van der Waals surface area contributed by atoms with Gasteiger partial charge in [0.25, 0.3) is 0 Å². The fourth-order valence-electron chi connectivity index (χ4n) is 4.62. The first-order valence-electron chi connectivity index (χ1n) is 12.2. The number of aromatic nitrogens is 1. The Hall–Kier alpha value is -2.14. The molecule has 1 aromatic heterocycles. The highest BCUT2D eigenvalue weighted by atomic mass is 16.1. The smallest absolute Gasteiger partial charge is 0.220 e. The number of nitrogens with one attached hydrogen (secondary N) is 3. The summed E-state index contributed by atoms with van der Waals surface area (Å²) in [6.07, 6.45) is 13.8. The lowest BCUT2D eigenvalue weighted by atomic mass is 10.0. The molecule has 31 heavy (non-hydrogen) atoms. The van der Waals surface area contributed by atoms with E-state index in [9.17, 15) is 9.59 Å². The molecule has 0 bridgehead atoms. The van der Waals surface area contributed by atoms with E-state index in [2.05, 4.69) is 27.8 Å². The molecule has 170 valence electrons. The summed E-state index contributed by atoms with van der Waals surface area (Å²) in [7, 11) is 0. The van der Waals surface area contributed by atoms with Gasteiger partial charge in [-0.2, -0.15) is 0 Å². The molecule has 5 heteroatoms. The number of benzene rings is 1. The number of amides is 1. The van der Waals surface area contributed by atoms with Crippen LogP contribution in [0.15, 0.2) is 30.5 Å². The quantitative estimate of drug-likeness (QED) is 0.371. The number of aryl methyl sites for hydroxylation is 1. The maximum Gasteiger partial charge on any atom is 0.220 e. The van der Waals surface area contributed by atoms with Gasteiger partial charge in [-0.05, 0) is 43.7 Å². The highest BCUT2D eigenvalue weighted by Crippen LogP contribution is 2.19. The van der Waals surface area contributed by atoms with E-state index in [4.69, 9.17) is 0 Å². The second kappa shape index (κ2) is 12.7. The molecule has 1 aliphatic carbocycles. The summed E-state index contributed by atoms with van der Waals surface area (Å²) < 4.78 is 0. The number of unbranched alkanes of at least 4 members (excludes halogenated alkanes) is 2. The van der Waals surface area contributed by atoms with Gasteiger partial charge < -0.3 is 15.6 Å². The lowest BCUT2D eigenvalue weighted by molar-refractivity contribution is -0.122. The predicted octanol–water partition coefficient (Wildman–Crippen LogP) is 5.05. The number of H-pyrrole nitrogens is 1. The first-order valence-corrected chi connectivity index (χ1v) is 12.2. The van der Waals surface area contributed by atoms with Crippen molar-refractivity contribution in [2.75, 3.05) is 6.54 Å². The summed E-state index contributed by atoms with van der Waals surface area (Å²) in [6, 6.07) is 9.01. The van der Waals surface area contributed by atoms with Gasteiger partial charge in [-0.15, -0.1) is 0 Å². The molecule has 1 heterocycles. The number of hydrogen-bond donors (Lipinski definition) is 3. The SMILES string of the molecule is CCC(=O)CCCCCC(CNC1CCCC1)NC(=O)CCc1c[nH]c2ccccc12. The molecule has 2 aromatic rings. The average molecular weight is 426 g/mol. The van der Waals surface area contributed by atoms with Gasteiger partial charge in [-0.3, -0.25) is 9.59 Å². The van der Waals surface area contributed by atoms with Crippen molar-refractivity contribution in [1.29, 1.82) is 0 Å². The Labute approximate surface area is 186 Å². The molecular weight excluding hydrogens is 386 g/mol. The molecule has 1 fully saturated rings. The Bertz CT molecular complexity index is 823. The largest absolute Gasteiger partial charge is 0.361 e. The Morgan fingerprint density at radius 1 is 1.10 bits per heavy atom. The van der Waals surface area contributed by atoms with E-state index in [0.29, 0.717) is 31.1 Å². The first kappa shape index (κ1) is 23.5. The monoisotopic (exact) mass is 425 g/mol. The van der Waals surface area contributed by atoms with E-state index in [0.717, 1.165) is 44.2 Å². The minimum atomic E-state index is 0.129. The molecule has 0 aliphatic heterocycles. The van der Waals surface area contributed by atoms with Gasteiger partial charge >= 0.3 is 0 Å². The van der Waals surface area contributed by atoms with Gasteiger partial charge in [-0.1, -0.05) is 50.8 Å². The predicted molar refractivity (Wildman–Crippen MR) is 127 cm³/mol. The van der Waals surface area contributed by atoms with Crippen LogP contribution in [-0.4, -0.2) is 35.3 Å². The summed E-state index contributed by atoms with van der Waals surface area (Å²) in [5.74, 6) is 0.481. The average Bonchev–Trinajstić information content (AvgIpc) is 3.45. The molecule has 3 N–H and O–H groups in total. The summed E-state index contributed by atoms with van der Waals surface area (Å²) in [4.78, 5) is 27.5. The van der Waals surface area contributed by atoms with Crippen LogP contribution in [0.3, 0.4) is 0 Å². The van der Waals surface area contributed by atoms with E-state index in [1.54, 1.807) is 0 Å². The number of Topliss-reactive ketones (excluding diaryl/α,β-unsaturated/α-hetero) is 1. The fourth-order valence-corrected chi connectivity index (χ4v) is 4.62. The second-order valence-electron chi connectivity index (χ2n) is 9.01. The maximum atomic E-state index is 12.7. The lowest BCUT2D eigenvalue weighted by Crippen LogP contribution is -2.44. The first-order chi connectivity index (χ1) is 15.2. The standard InChI is InChI=1S/C26H39N3O2/c1-2-23(30)13-5-3-4-12-22(19-27-21-10-6-7-11-21)29-26(31)17-16-20-18-28-25-15-9-8-14-24(20)25/h8-9,14-15,18,21-22,27-28H,2-7,10-13,16-17,19H2,1H3,(H,29,31). The molecule has 0 saturated heterocycles. The van der Waals surface area contributed by atoms with Crippen molar-refractivity contribution < 1.29 is 9.59 Å². The summed E-state index contributed by atoms with van der Waals surface area (Å²) >= 11 is 0. The van der Waals surface area contributed by atoms with E-state index < -0.39 is 0 Å². The van der Waals surface area contributed by atoms with Crippen LogP contribution in [0.1, 0.15) is 83.1 Å². The van der Waals surface area contributed by atoms with Crippen molar-refractivity contribution in [3.8, 4) is 0 Å². The summed E-state index contributed by atoms with van der Waals surface area (Å²) in [5, 5.41) is 8.16. The molecule has 1 unspecified atom stereocenters. The number of ketones is 1. The Morgan fingerprint density at radius 2 is 1.90 bits per heavy atom. The van der Waals surface area contributed by atoms with Crippen LogP contribution < -0.4 is 10.6 Å². The van der Waals surface area contributed by atoms with Crippen LogP contribution in [0.2, 0.25) is 0 Å². The number of para-hydroxylation sites is 1. The normalized spacial score (nSPS) is 15.4. The second-order valence-corrected chi connectivity index (χ2v) is 9.01. The Morgan fingerprint density at radius 3 is 2.71 bits per heavy atom. The maximum absolute atomic E-state index is 12.7. The van der Waals surface area contributed by atoms with Crippen molar-refractivity contribution in [1.82, 2.24) is 15.6 Å². The number of aromatic amines is 1. The molecule has 3 rings (SSSR count). The number of carbonyl (C=O) groups is 2. The van der Waals surface area contributed by atoms with E-state index in [-0.39, 0.29) is 11.9 Å². The van der Waals surface area contributed by atoms with Crippen LogP contribution in [0.25, 0.3) is 10.9 Å². The van der Waals surface area contributed by atoms with Crippen LogP contribution >= 0.6 is 0 Å². The van der Waals surface area contributed by atoms with Gasteiger partial charge in [0.15, 0.2) is 0 Å². The van der Waals surface area contributed by atoms with Crippen molar-refractivity contribution in [3.63, 3.8) is 0 Å². The van der Waals surface area contributed by atoms with Gasteiger partial charge in [0.2, 0.25) is 5.91 Å². The summed E-state index contributed by atoms with van der Waals surface area (Å²) in [5.41, 5.74) is 2.32. The molecule has 1 amide bonds. The molecule has 1 saturated carbocycles. The van der Waals surface area contributed by atoms with E-state index in [1.807, 2.05) is 25.3 Å². The molecule has 1 aromatic carbocycles. The third-order valence-corrected chi connectivity index (χ3v) is 6.57. The van der Waals surface area contributed by atoms with Crippen LogP contribution in [0.4, 0.5) is 0 Å². The van der Waals surface area contributed by atoms with Gasteiger partial charge in [0.1, 0.15) is 5.78 Å². The summed E-state index contributed by atoms with van der Waals surface area (Å²) in [6.45, 7) is 2.77. The highest BCUT2D eigenvalue weighted by Gasteiger charge is 2.18. The molecule has 0 spiro atoms. The topological polar surface area (TPSA) is 74.0 Å². The Balaban J connectivity index is 1.44. The fraction of sp³-hybridized carbons (Fsp3) is 0.615.